The maximum Gasteiger partial charge on any atom is 0.229 e. The molecular formula is C15H27N5O. The summed E-state index contributed by atoms with van der Waals surface area (Å²) in [5.41, 5.74) is 0. The standard InChI is InChI=1S/C15H27N5O/c1-11-9-12(5-6-16-11)15-17-14(18-21-15)13-10-19(2)7-4-8-20(13)3/h11-13,16H,4-10H2,1-3H3. The Balaban J connectivity index is 1.74. The lowest BCUT2D eigenvalue weighted by Crippen LogP contribution is -2.35. The lowest BCUT2D eigenvalue weighted by molar-refractivity contribution is 0.214. The number of likely N-dealkylation sites (N-methyl/N-ethyl adjacent to an activating group) is 2. The molecule has 0 spiro atoms. The maximum atomic E-state index is 5.60. The van der Waals surface area contributed by atoms with Crippen molar-refractivity contribution in [3.63, 3.8) is 0 Å². The quantitative estimate of drug-likeness (QED) is 0.885. The Kier molecular flexibility index (Phi) is 4.57. The summed E-state index contributed by atoms with van der Waals surface area (Å²) in [7, 11) is 4.33. The minimum Gasteiger partial charge on any atom is -0.339 e. The molecule has 118 valence electrons. The van der Waals surface area contributed by atoms with Crippen LogP contribution in [0.3, 0.4) is 0 Å². The highest BCUT2D eigenvalue weighted by molar-refractivity contribution is 5.02. The zero-order valence-corrected chi connectivity index (χ0v) is 13.4. The van der Waals surface area contributed by atoms with Gasteiger partial charge in [0.25, 0.3) is 0 Å². The van der Waals surface area contributed by atoms with Crippen molar-refractivity contribution in [1.82, 2.24) is 25.3 Å². The van der Waals surface area contributed by atoms with E-state index in [-0.39, 0.29) is 6.04 Å². The molecule has 2 aliphatic rings. The van der Waals surface area contributed by atoms with Gasteiger partial charge in [-0.05, 0) is 59.9 Å². The Morgan fingerprint density at radius 3 is 2.95 bits per heavy atom. The monoisotopic (exact) mass is 293 g/mol. The van der Waals surface area contributed by atoms with Crippen LogP contribution < -0.4 is 5.32 Å². The molecule has 6 heteroatoms. The van der Waals surface area contributed by atoms with Crippen LogP contribution in [-0.4, -0.2) is 66.3 Å². The third kappa shape index (κ3) is 3.44. The highest BCUT2D eigenvalue weighted by Crippen LogP contribution is 2.28. The number of piperidine rings is 1. The first-order valence-electron chi connectivity index (χ1n) is 8.09. The van der Waals surface area contributed by atoms with Gasteiger partial charge in [0.15, 0.2) is 5.82 Å². The van der Waals surface area contributed by atoms with Gasteiger partial charge in [-0.15, -0.1) is 0 Å². The average Bonchev–Trinajstić information content (AvgIpc) is 2.87. The highest BCUT2D eigenvalue weighted by atomic mass is 16.5. The smallest absolute Gasteiger partial charge is 0.229 e. The molecule has 3 atom stereocenters. The van der Waals surface area contributed by atoms with Gasteiger partial charge >= 0.3 is 0 Å². The third-order valence-electron chi connectivity index (χ3n) is 4.80. The Morgan fingerprint density at radius 1 is 1.29 bits per heavy atom. The Hall–Kier alpha value is -0.980. The van der Waals surface area contributed by atoms with E-state index in [1.807, 2.05) is 0 Å². The normalized spacial score (nSPS) is 33.0. The second kappa shape index (κ2) is 6.42. The van der Waals surface area contributed by atoms with Crippen molar-refractivity contribution in [1.29, 1.82) is 0 Å². The highest BCUT2D eigenvalue weighted by Gasteiger charge is 2.29. The molecule has 2 saturated heterocycles. The lowest BCUT2D eigenvalue weighted by atomic mass is 9.93. The molecule has 21 heavy (non-hydrogen) atoms. The largest absolute Gasteiger partial charge is 0.339 e. The molecule has 2 aliphatic heterocycles. The van der Waals surface area contributed by atoms with E-state index in [9.17, 15) is 0 Å². The van der Waals surface area contributed by atoms with Gasteiger partial charge in [0.05, 0.1) is 6.04 Å². The molecule has 0 aromatic carbocycles. The molecule has 1 aromatic heterocycles. The number of hydrogen-bond donors (Lipinski definition) is 1. The molecule has 1 aromatic rings. The van der Waals surface area contributed by atoms with Crippen LogP contribution in [0.1, 0.15) is 49.9 Å². The van der Waals surface area contributed by atoms with E-state index in [0.717, 1.165) is 50.7 Å². The zero-order chi connectivity index (χ0) is 14.8. The molecule has 3 rings (SSSR count). The summed E-state index contributed by atoms with van der Waals surface area (Å²) in [6.07, 6.45) is 3.37. The first-order valence-corrected chi connectivity index (χ1v) is 8.09. The van der Waals surface area contributed by atoms with Crippen molar-refractivity contribution in [3.05, 3.63) is 11.7 Å². The van der Waals surface area contributed by atoms with Crippen molar-refractivity contribution in [2.24, 2.45) is 0 Å². The lowest BCUT2D eigenvalue weighted by Gasteiger charge is -2.25. The van der Waals surface area contributed by atoms with Crippen molar-refractivity contribution >= 4 is 0 Å². The number of hydrogen-bond acceptors (Lipinski definition) is 6. The van der Waals surface area contributed by atoms with Crippen LogP contribution >= 0.6 is 0 Å². The number of nitrogens with one attached hydrogen (secondary N) is 1. The fourth-order valence-corrected chi connectivity index (χ4v) is 3.46. The maximum absolute atomic E-state index is 5.60. The predicted molar refractivity (Wildman–Crippen MR) is 81.2 cm³/mol. The molecule has 0 radical (unpaired) electrons. The van der Waals surface area contributed by atoms with Gasteiger partial charge in [-0.1, -0.05) is 5.16 Å². The summed E-state index contributed by atoms with van der Waals surface area (Å²) in [5.74, 6) is 2.10. The minimum absolute atomic E-state index is 0.245. The van der Waals surface area contributed by atoms with E-state index in [4.69, 9.17) is 9.51 Å². The summed E-state index contributed by atoms with van der Waals surface area (Å²) in [6, 6.07) is 0.778. The Morgan fingerprint density at radius 2 is 2.14 bits per heavy atom. The van der Waals surface area contributed by atoms with E-state index >= 15 is 0 Å². The van der Waals surface area contributed by atoms with Gasteiger partial charge in [-0.2, -0.15) is 4.98 Å². The predicted octanol–water partition coefficient (Wildman–Crippen LogP) is 1.23. The molecule has 0 aliphatic carbocycles. The Bertz CT molecular complexity index is 463. The van der Waals surface area contributed by atoms with Gasteiger partial charge in [-0.3, -0.25) is 4.90 Å². The number of nitrogens with zero attached hydrogens (tertiary/aromatic N) is 4. The topological polar surface area (TPSA) is 57.4 Å². The average molecular weight is 293 g/mol. The molecule has 0 bridgehead atoms. The van der Waals surface area contributed by atoms with Crippen LogP contribution in [0.4, 0.5) is 0 Å². The fraction of sp³-hybridized carbons (Fsp3) is 0.867. The van der Waals surface area contributed by atoms with Gasteiger partial charge in [0, 0.05) is 18.5 Å². The van der Waals surface area contributed by atoms with Gasteiger partial charge in [0.1, 0.15) is 0 Å². The van der Waals surface area contributed by atoms with Crippen molar-refractivity contribution in [3.8, 4) is 0 Å². The zero-order valence-electron chi connectivity index (χ0n) is 13.4. The van der Waals surface area contributed by atoms with Crippen LogP contribution in [0.15, 0.2) is 4.52 Å². The summed E-state index contributed by atoms with van der Waals surface area (Å²) in [6.45, 7) is 6.45. The van der Waals surface area contributed by atoms with Gasteiger partial charge < -0.3 is 14.7 Å². The summed E-state index contributed by atoms with van der Waals surface area (Å²) < 4.78 is 5.60. The van der Waals surface area contributed by atoms with E-state index in [2.05, 4.69) is 41.3 Å². The van der Waals surface area contributed by atoms with Crippen LogP contribution in [0.2, 0.25) is 0 Å². The molecule has 1 N–H and O–H groups in total. The van der Waals surface area contributed by atoms with E-state index < -0.39 is 0 Å². The van der Waals surface area contributed by atoms with E-state index in [1.54, 1.807) is 0 Å². The van der Waals surface area contributed by atoms with Crippen molar-refractivity contribution in [2.45, 2.75) is 44.2 Å². The first-order chi connectivity index (χ1) is 10.1. The molecule has 0 saturated carbocycles. The van der Waals surface area contributed by atoms with Gasteiger partial charge in [-0.25, -0.2) is 0 Å². The summed E-state index contributed by atoms with van der Waals surface area (Å²) in [4.78, 5) is 9.45. The Labute approximate surface area is 126 Å². The number of rotatable bonds is 2. The number of aromatic nitrogens is 2. The SMILES string of the molecule is CC1CC(c2nc(C3CN(C)CCCN3C)no2)CCN1. The molecule has 2 fully saturated rings. The molecule has 6 nitrogen and oxygen atoms in total. The van der Waals surface area contributed by atoms with Crippen LogP contribution in [0.25, 0.3) is 0 Å². The molecule has 3 unspecified atom stereocenters. The molecular weight excluding hydrogens is 266 g/mol. The summed E-state index contributed by atoms with van der Waals surface area (Å²) in [5, 5.41) is 7.76. The van der Waals surface area contributed by atoms with Crippen molar-refractivity contribution in [2.75, 3.05) is 40.3 Å². The van der Waals surface area contributed by atoms with Crippen LogP contribution in [0, 0.1) is 0 Å². The molecule has 3 heterocycles. The van der Waals surface area contributed by atoms with Crippen LogP contribution in [-0.2, 0) is 0 Å². The van der Waals surface area contributed by atoms with E-state index in [0.29, 0.717) is 12.0 Å². The minimum atomic E-state index is 0.245. The van der Waals surface area contributed by atoms with Gasteiger partial charge in [0.2, 0.25) is 5.89 Å². The molecule has 0 amide bonds. The third-order valence-corrected chi connectivity index (χ3v) is 4.80. The van der Waals surface area contributed by atoms with E-state index in [1.165, 1.54) is 6.42 Å². The fourth-order valence-electron chi connectivity index (χ4n) is 3.46. The van der Waals surface area contributed by atoms with Crippen LogP contribution in [0.5, 0.6) is 0 Å². The summed E-state index contributed by atoms with van der Waals surface area (Å²) >= 11 is 0. The second-order valence-electron chi connectivity index (χ2n) is 6.68. The first kappa shape index (κ1) is 14.9. The second-order valence-corrected chi connectivity index (χ2v) is 6.68. The van der Waals surface area contributed by atoms with Crippen molar-refractivity contribution < 1.29 is 4.52 Å².